The van der Waals surface area contributed by atoms with Crippen LogP contribution in [0.1, 0.15) is 18.4 Å². The third-order valence-electron chi connectivity index (χ3n) is 3.12. The Balaban J connectivity index is 1.90. The van der Waals surface area contributed by atoms with Gasteiger partial charge in [-0.2, -0.15) is 5.10 Å². The summed E-state index contributed by atoms with van der Waals surface area (Å²) in [4.78, 5) is 23.1. The summed E-state index contributed by atoms with van der Waals surface area (Å²) in [5.41, 5.74) is -0.426. The zero-order valence-corrected chi connectivity index (χ0v) is 10.3. The Labute approximate surface area is 109 Å². The van der Waals surface area contributed by atoms with E-state index >= 15 is 0 Å². The number of urea groups is 1. The van der Waals surface area contributed by atoms with Gasteiger partial charge in [0.25, 0.3) is 0 Å². The number of rotatable bonds is 4. The molecule has 1 aliphatic rings. The van der Waals surface area contributed by atoms with Gasteiger partial charge in [0.1, 0.15) is 5.54 Å². The minimum atomic E-state index is -1.24. The maximum Gasteiger partial charge on any atom is 0.329 e. The summed E-state index contributed by atoms with van der Waals surface area (Å²) in [5.74, 6) is -1.03. The molecule has 4 N–H and O–H groups in total. The predicted molar refractivity (Wildman–Crippen MR) is 64.4 cm³/mol. The fourth-order valence-corrected chi connectivity index (χ4v) is 1.93. The lowest BCUT2D eigenvalue weighted by atomic mass is 9.90. The van der Waals surface area contributed by atoms with Crippen LogP contribution in [0.5, 0.6) is 0 Å². The number of hydrogen-bond donors (Lipinski definition) is 4. The second kappa shape index (κ2) is 5.70. The molecule has 8 heteroatoms. The highest BCUT2D eigenvalue weighted by atomic mass is 16.5. The molecule has 0 aliphatic carbocycles. The van der Waals surface area contributed by atoms with Crippen molar-refractivity contribution in [3.63, 3.8) is 0 Å². The Hall–Kier alpha value is -2.09. The molecule has 8 nitrogen and oxygen atoms in total. The Morgan fingerprint density at radius 3 is 2.79 bits per heavy atom. The van der Waals surface area contributed by atoms with E-state index in [4.69, 9.17) is 4.74 Å². The normalized spacial score (nSPS) is 17.7. The number of amides is 2. The van der Waals surface area contributed by atoms with E-state index in [-0.39, 0.29) is 19.4 Å². The van der Waals surface area contributed by atoms with Crippen molar-refractivity contribution in [2.24, 2.45) is 0 Å². The summed E-state index contributed by atoms with van der Waals surface area (Å²) in [5, 5.41) is 20.8. The highest BCUT2D eigenvalue weighted by Crippen LogP contribution is 2.20. The van der Waals surface area contributed by atoms with Crippen LogP contribution in [-0.2, 0) is 16.1 Å². The Bertz CT molecular complexity index is 440. The van der Waals surface area contributed by atoms with Gasteiger partial charge in [0.05, 0.1) is 6.20 Å². The van der Waals surface area contributed by atoms with Crippen molar-refractivity contribution in [2.45, 2.75) is 24.9 Å². The molecule has 0 radical (unpaired) electrons. The number of carbonyl (C=O) groups is 2. The van der Waals surface area contributed by atoms with E-state index in [0.717, 1.165) is 5.56 Å². The summed E-state index contributed by atoms with van der Waals surface area (Å²) in [6, 6.07) is -0.509. The summed E-state index contributed by atoms with van der Waals surface area (Å²) in [6.45, 7) is 0.942. The lowest BCUT2D eigenvalue weighted by molar-refractivity contribution is -0.148. The molecule has 2 rings (SSSR count). The van der Waals surface area contributed by atoms with Crippen molar-refractivity contribution in [2.75, 3.05) is 13.2 Å². The molecule has 1 saturated heterocycles. The molecule has 0 saturated carbocycles. The van der Waals surface area contributed by atoms with E-state index in [2.05, 4.69) is 20.8 Å². The van der Waals surface area contributed by atoms with Crippen molar-refractivity contribution < 1.29 is 19.4 Å². The number of aromatic amines is 1. The second-order valence-corrected chi connectivity index (χ2v) is 4.41. The van der Waals surface area contributed by atoms with Gasteiger partial charge in [-0.3, -0.25) is 5.10 Å². The van der Waals surface area contributed by atoms with Crippen molar-refractivity contribution in [1.82, 2.24) is 20.8 Å². The Kier molecular flexibility index (Phi) is 4.00. The zero-order valence-electron chi connectivity index (χ0n) is 10.3. The number of carboxylic acids is 1. The minimum Gasteiger partial charge on any atom is -0.480 e. The van der Waals surface area contributed by atoms with Crippen molar-refractivity contribution in [3.05, 3.63) is 18.0 Å². The number of carboxylic acid groups (broad SMARTS) is 1. The largest absolute Gasteiger partial charge is 0.480 e. The molecule has 1 fully saturated rings. The van der Waals surface area contributed by atoms with Gasteiger partial charge in [-0.25, -0.2) is 9.59 Å². The van der Waals surface area contributed by atoms with Crippen LogP contribution in [0.25, 0.3) is 0 Å². The average Bonchev–Trinajstić information content (AvgIpc) is 2.90. The molecule has 0 bridgehead atoms. The van der Waals surface area contributed by atoms with Crippen molar-refractivity contribution in [3.8, 4) is 0 Å². The van der Waals surface area contributed by atoms with E-state index < -0.39 is 17.5 Å². The molecule has 2 heterocycles. The molecule has 1 aliphatic heterocycles. The monoisotopic (exact) mass is 268 g/mol. The first-order chi connectivity index (χ1) is 9.12. The molecule has 104 valence electrons. The highest BCUT2D eigenvalue weighted by molar-refractivity contribution is 5.86. The molecule has 0 atom stereocenters. The number of H-pyrrole nitrogens is 1. The number of nitrogens with zero attached hydrogens (tertiary/aromatic N) is 1. The standard InChI is InChI=1S/C11H16N4O4/c16-9(17)11(1-3-19-4-2-11)15-10(18)12-5-8-6-13-14-7-8/h6-7H,1-5H2,(H,13,14)(H,16,17)(H2,12,15,18). The van der Waals surface area contributed by atoms with E-state index in [1.807, 2.05) is 0 Å². The quantitative estimate of drug-likeness (QED) is 0.605. The molecule has 2 amide bonds. The van der Waals surface area contributed by atoms with E-state index in [1.54, 1.807) is 12.4 Å². The number of nitrogens with one attached hydrogen (secondary N) is 3. The molecule has 1 aromatic heterocycles. The van der Waals surface area contributed by atoms with Crippen LogP contribution >= 0.6 is 0 Å². The van der Waals surface area contributed by atoms with Gasteiger partial charge in [-0.05, 0) is 0 Å². The number of ether oxygens (including phenoxy) is 1. The minimum absolute atomic E-state index is 0.265. The first-order valence-electron chi connectivity index (χ1n) is 5.97. The smallest absolute Gasteiger partial charge is 0.329 e. The topological polar surface area (TPSA) is 116 Å². The number of carbonyl (C=O) groups excluding carboxylic acids is 1. The second-order valence-electron chi connectivity index (χ2n) is 4.41. The number of hydrogen-bond acceptors (Lipinski definition) is 4. The summed E-state index contributed by atoms with van der Waals surface area (Å²) in [6.07, 6.45) is 3.77. The third kappa shape index (κ3) is 3.22. The van der Waals surface area contributed by atoms with E-state index in [9.17, 15) is 14.7 Å². The fourth-order valence-electron chi connectivity index (χ4n) is 1.93. The van der Waals surface area contributed by atoms with Gasteiger partial charge in [-0.15, -0.1) is 0 Å². The molecular formula is C11H16N4O4. The van der Waals surface area contributed by atoms with Crippen molar-refractivity contribution in [1.29, 1.82) is 0 Å². The lowest BCUT2D eigenvalue weighted by Crippen LogP contribution is -2.59. The highest BCUT2D eigenvalue weighted by Gasteiger charge is 2.41. The maximum atomic E-state index is 11.8. The summed E-state index contributed by atoms with van der Waals surface area (Å²) < 4.78 is 5.13. The Morgan fingerprint density at radius 2 is 2.21 bits per heavy atom. The fraction of sp³-hybridized carbons (Fsp3) is 0.545. The van der Waals surface area contributed by atoms with Gasteiger partial charge < -0.3 is 20.5 Å². The molecule has 0 unspecified atom stereocenters. The lowest BCUT2D eigenvalue weighted by Gasteiger charge is -2.33. The average molecular weight is 268 g/mol. The van der Waals surface area contributed by atoms with Crippen LogP contribution in [0.4, 0.5) is 4.79 Å². The van der Waals surface area contributed by atoms with Gasteiger partial charge >= 0.3 is 12.0 Å². The molecule has 19 heavy (non-hydrogen) atoms. The predicted octanol–water partition coefficient (Wildman–Crippen LogP) is -0.157. The molecule has 0 aromatic carbocycles. The molecule has 0 spiro atoms. The van der Waals surface area contributed by atoms with Crippen LogP contribution in [-0.4, -0.2) is 46.1 Å². The number of aliphatic carboxylic acids is 1. The first kappa shape index (κ1) is 13.3. The van der Waals surface area contributed by atoms with Gasteiger partial charge in [0.15, 0.2) is 0 Å². The third-order valence-corrected chi connectivity index (χ3v) is 3.12. The Morgan fingerprint density at radius 1 is 1.47 bits per heavy atom. The van der Waals surface area contributed by atoms with E-state index in [0.29, 0.717) is 13.2 Å². The van der Waals surface area contributed by atoms with Crippen molar-refractivity contribution >= 4 is 12.0 Å². The summed E-state index contributed by atoms with van der Waals surface area (Å²) >= 11 is 0. The SMILES string of the molecule is O=C(NCc1cn[nH]c1)NC1(C(=O)O)CCOCC1. The van der Waals surface area contributed by atoms with Gasteiger partial charge in [0.2, 0.25) is 0 Å². The maximum absolute atomic E-state index is 11.8. The zero-order chi connectivity index (χ0) is 13.7. The molecular weight excluding hydrogens is 252 g/mol. The molecule has 1 aromatic rings. The van der Waals surface area contributed by atoms with Gasteiger partial charge in [-0.1, -0.05) is 0 Å². The van der Waals surface area contributed by atoms with E-state index in [1.165, 1.54) is 0 Å². The van der Waals surface area contributed by atoms with Crippen LogP contribution < -0.4 is 10.6 Å². The van der Waals surface area contributed by atoms with Crippen LogP contribution in [0.3, 0.4) is 0 Å². The first-order valence-corrected chi connectivity index (χ1v) is 5.97. The number of aromatic nitrogens is 2. The van der Waals surface area contributed by atoms with Crippen LogP contribution in [0, 0.1) is 0 Å². The van der Waals surface area contributed by atoms with Crippen LogP contribution in [0.2, 0.25) is 0 Å². The van der Waals surface area contributed by atoms with Crippen LogP contribution in [0.15, 0.2) is 12.4 Å². The van der Waals surface area contributed by atoms with Gasteiger partial charge in [0, 0.05) is 44.4 Å². The summed E-state index contributed by atoms with van der Waals surface area (Å²) in [7, 11) is 0.